The van der Waals surface area contributed by atoms with Crippen molar-refractivity contribution < 1.29 is 27.8 Å². The van der Waals surface area contributed by atoms with Crippen molar-refractivity contribution >= 4 is 29.5 Å². The van der Waals surface area contributed by atoms with Gasteiger partial charge in [0.05, 0.1) is 26.9 Å². The highest BCUT2D eigenvalue weighted by Gasteiger charge is 2.20. The third-order valence-corrected chi connectivity index (χ3v) is 5.43. The van der Waals surface area contributed by atoms with Gasteiger partial charge in [0, 0.05) is 48.7 Å². The molecule has 3 aromatic rings. The normalized spacial score (nSPS) is 13.6. The number of carbonyl (C=O) groups is 1. The summed E-state index contributed by atoms with van der Waals surface area (Å²) in [5, 5.41) is 2.87. The van der Waals surface area contributed by atoms with Crippen molar-refractivity contribution in [3.05, 3.63) is 65.9 Å². The summed E-state index contributed by atoms with van der Waals surface area (Å²) in [6, 6.07) is 9.82. The number of ether oxygens (including phenoxy) is 3. The van der Waals surface area contributed by atoms with Crippen molar-refractivity contribution in [2.45, 2.75) is 6.92 Å². The van der Waals surface area contributed by atoms with Gasteiger partial charge in [-0.05, 0) is 30.2 Å². The summed E-state index contributed by atoms with van der Waals surface area (Å²) < 4.78 is 43.5. The van der Waals surface area contributed by atoms with E-state index in [1.54, 1.807) is 19.2 Å². The van der Waals surface area contributed by atoms with Crippen molar-refractivity contribution in [2.75, 3.05) is 50.2 Å². The molecule has 1 saturated heterocycles. The van der Waals surface area contributed by atoms with Crippen LogP contribution < -0.4 is 15.0 Å². The van der Waals surface area contributed by atoms with E-state index in [0.29, 0.717) is 38.7 Å². The predicted octanol–water partition coefficient (Wildman–Crippen LogP) is 4.59. The van der Waals surface area contributed by atoms with E-state index in [-0.39, 0.29) is 11.6 Å². The predicted molar refractivity (Wildman–Crippen MR) is 132 cm³/mol. The van der Waals surface area contributed by atoms with E-state index in [1.165, 1.54) is 13.2 Å². The molecule has 36 heavy (non-hydrogen) atoms. The molecule has 0 bridgehead atoms. The molecule has 1 N–H and O–H groups in total. The van der Waals surface area contributed by atoms with E-state index in [4.69, 9.17) is 14.2 Å². The quantitative estimate of drug-likeness (QED) is 0.358. The number of nitrogens with zero attached hydrogens (tertiary/aromatic N) is 3. The first-order chi connectivity index (χ1) is 17.5. The highest BCUT2D eigenvalue weighted by molar-refractivity contribution is 5.87. The molecule has 10 heteroatoms. The van der Waals surface area contributed by atoms with Crippen molar-refractivity contribution in [1.29, 1.82) is 0 Å². The Balaban J connectivity index is 1.68. The number of nitrogens with one attached hydrogen (secondary N) is 1. The molecule has 1 aromatic heterocycles. The van der Waals surface area contributed by atoms with Gasteiger partial charge >= 0.3 is 5.97 Å². The molecular formula is C26H26F2N4O4. The lowest BCUT2D eigenvalue weighted by Crippen LogP contribution is -2.37. The molecule has 188 valence electrons. The van der Waals surface area contributed by atoms with Crippen LogP contribution in [0.25, 0.3) is 17.2 Å². The standard InChI is InChI=1S/C26H26F2N4O4/c1-3-36-23(33)8-7-17-5-4-6-18(13-17)20-16-29-26(31-25(20)32-9-11-35-12-10-32)30-19-14-21(27)24(34-2)22(28)15-19/h4-8,13-16H,3,9-12H2,1-2H3,(H,29,30,31). The Hall–Kier alpha value is -4.05. The van der Waals surface area contributed by atoms with E-state index >= 15 is 0 Å². The van der Waals surface area contributed by atoms with Crippen molar-refractivity contribution in [1.82, 2.24) is 9.97 Å². The molecule has 0 atom stereocenters. The molecule has 2 aromatic carbocycles. The van der Waals surface area contributed by atoms with Crippen LogP contribution in [-0.2, 0) is 14.3 Å². The molecule has 0 radical (unpaired) electrons. The van der Waals surface area contributed by atoms with Gasteiger partial charge in [-0.2, -0.15) is 4.98 Å². The lowest BCUT2D eigenvalue weighted by molar-refractivity contribution is -0.137. The van der Waals surface area contributed by atoms with Gasteiger partial charge in [-0.25, -0.2) is 18.6 Å². The van der Waals surface area contributed by atoms with Crippen LogP contribution in [0.15, 0.2) is 48.7 Å². The van der Waals surface area contributed by atoms with Gasteiger partial charge < -0.3 is 24.4 Å². The zero-order valence-corrected chi connectivity index (χ0v) is 20.0. The topological polar surface area (TPSA) is 85.8 Å². The van der Waals surface area contributed by atoms with Crippen molar-refractivity contribution in [2.24, 2.45) is 0 Å². The summed E-state index contributed by atoms with van der Waals surface area (Å²) in [5.74, 6) is -1.71. The number of aromatic nitrogens is 2. The van der Waals surface area contributed by atoms with Crippen LogP contribution in [0.4, 0.5) is 26.2 Å². The summed E-state index contributed by atoms with van der Waals surface area (Å²) in [4.78, 5) is 22.8. The van der Waals surface area contributed by atoms with Crippen LogP contribution in [0, 0.1) is 11.6 Å². The Bertz CT molecular complexity index is 1240. The van der Waals surface area contributed by atoms with Crippen LogP contribution in [0.3, 0.4) is 0 Å². The smallest absolute Gasteiger partial charge is 0.330 e. The largest absolute Gasteiger partial charge is 0.491 e. The molecule has 1 aliphatic rings. The Morgan fingerprint density at radius 1 is 1.19 bits per heavy atom. The second-order valence-electron chi connectivity index (χ2n) is 7.84. The molecule has 0 aliphatic carbocycles. The third kappa shape index (κ3) is 5.95. The SMILES string of the molecule is CCOC(=O)C=Cc1cccc(-c2cnc(Nc3cc(F)c(OC)c(F)c3)nc2N2CCOCC2)c1. The number of halogens is 2. The minimum Gasteiger partial charge on any atom is -0.491 e. The van der Waals surface area contributed by atoms with Gasteiger partial charge in [0.1, 0.15) is 5.82 Å². The number of hydrogen-bond donors (Lipinski definition) is 1. The second-order valence-corrected chi connectivity index (χ2v) is 7.84. The molecule has 1 fully saturated rings. The molecule has 0 unspecified atom stereocenters. The number of morpholine rings is 1. The van der Waals surface area contributed by atoms with Crippen LogP contribution >= 0.6 is 0 Å². The molecular weight excluding hydrogens is 470 g/mol. The van der Waals surface area contributed by atoms with E-state index in [9.17, 15) is 13.6 Å². The van der Waals surface area contributed by atoms with Crippen LogP contribution in [0.1, 0.15) is 12.5 Å². The van der Waals surface area contributed by atoms with E-state index < -0.39 is 23.4 Å². The zero-order chi connectivity index (χ0) is 25.5. The Morgan fingerprint density at radius 3 is 2.64 bits per heavy atom. The first-order valence-electron chi connectivity index (χ1n) is 11.4. The van der Waals surface area contributed by atoms with E-state index in [2.05, 4.69) is 20.2 Å². The molecule has 0 amide bonds. The molecule has 4 rings (SSSR count). The summed E-state index contributed by atoms with van der Waals surface area (Å²) >= 11 is 0. The molecule has 8 nitrogen and oxygen atoms in total. The summed E-state index contributed by atoms with van der Waals surface area (Å²) in [6.45, 7) is 4.39. The van der Waals surface area contributed by atoms with Crippen molar-refractivity contribution in [3.8, 4) is 16.9 Å². The number of esters is 1. The summed E-state index contributed by atoms with van der Waals surface area (Å²) in [7, 11) is 1.20. The molecule has 1 aliphatic heterocycles. The minimum atomic E-state index is -0.835. The fourth-order valence-corrected chi connectivity index (χ4v) is 3.77. The lowest BCUT2D eigenvalue weighted by atomic mass is 10.0. The number of benzene rings is 2. The lowest BCUT2D eigenvalue weighted by Gasteiger charge is -2.29. The van der Waals surface area contributed by atoms with Gasteiger partial charge in [0.15, 0.2) is 17.4 Å². The first-order valence-corrected chi connectivity index (χ1v) is 11.4. The van der Waals surface area contributed by atoms with Crippen molar-refractivity contribution in [3.63, 3.8) is 0 Å². The number of hydrogen-bond acceptors (Lipinski definition) is 8. The first kappa shape index (κ1) is 25.1. The number of methoxy groups -OCH3 is 1. The van der Waals surface area contributed by atoms with Gasteiger partial charge in [0.2, 0.25) is 5.95 Å². The summed E-state index contributed by atoms with van der Waals surface area (Å²) in [5.41, 5.74) is 2.56. The highest BCUT2D eigenvalue weighted by Crippen LogP contribution is 2.32. The number of rotatable bonds is 8. The minimum absolute atomic E-state index is 0.151. The number of carbonyl (C=O) groups excluding carboxylic acids is 1. The maximum absolute atomic E-state index is 14.2. The van der Waals surface area contributed by atoms with Gasteiger partial charge in [-0.1, -0.05) is 18.2 Å². The Morgan fingerprint density at radius 2 is 1.94 bits per heavy atom. The molecule has 0 saturated carbocycles. The van der Waals surface area contributed by atoms with Crippen LogP contribution in [-0.4, -0.2) is 56.0 Å². The van der Waals surface area contributed by atoms with Gasteiger partial charge in [-0.15, -0.1) is 0 Å². The number of anilines is 3. The average Bonchev–Trinajstić information content (AvgIpc) is 2.88. The maximum Gasteiger partial charge on any atom is 0.330 e. The highest BCUT2D eigenvalue weighted by atomic mass is 19.1. The van der Waals surface area contributed by atoms with E-state index in [0.717, 1.165) is 28.8 Å². The monoisotopic (exact) mass is 496 g/mol. The van der Waals surface area contributed by atoms with E-state index in [1.807, 2.05) is 24.3 Å². The average molecular weight is 497 g/mol. The molecule has 2 heterocycles. The maximum atomic E-state index is 14.2. The molecule has 0 spiro atoms. The zero-order valence-electron chi connectivity index (χ0n) is 20.0. The summed E-state index contributed by atoms with van der Waals surface area (Å²) in [6.07, 6.45) is 4.71. The van der Waals surface area contributed by atoms with Gasteiger partial charge in [0.25, 0.3) is 0 Å². The fraction of sp³-hybridized carbons (Fsp3) is 0.269. The Labute approximate surface area is 207 Å². The second kappa shape index (κ2) is 11.6. The van der Waals surface area contributed by atoms with Gasteiger partial charge in [-0.3, -0.25) is 0 Å². The van der Waals surface area contributed by atoms with Crippen LogP contribution in [0.5, 0.6) is 5.75 Å². The van der Waals surface area contributed by atoms with Crippen LogP contribution in [0.2, 0.25) is 0 Å². The third-order valence-electron chi connectivity index (χ3n) is 5.43. The fourth-order valence-electron chi connectivity index (χ4n) is 3.77. The Kier molecular flexibility index (Phi) is 8.06.